The number of hydrogen-bond acceptors (Lipinski definition) is 3. The van der Waals surface area contributed by atoms with Crippen LogP contribution >= 0.6 is 11.3 Å². The van der Waals surface area contributed by atoms with Crippen LogP contribution in [0.1, 0.15) is 36.6 Å². The zero-order chi connectivity index (χ0) is 12.8. The molecule has 1 fully saturated rings. The molecule has 0 bridgehead atoms. The van der Waals surface area contributed by atoms with Gasteiger partial charge >= 0.3 is 0 Å². The minimum absolute atomic E-state index is 0.0586. The van der Waals surface area contributed by atoms with E-state index in [1.54, 1.807) is 11.3 Å². The Labute approximate surface area is 114 Å². The molecule has 1 aromatic rings. The molecule has 2 rings (SSSR count). The van der Waals surface area contributed by atoms with Crippen LogP contribution in [0.2, 0.25) is 0 Å². The monoisotopic (exact) mass is 263 g/mol. The first kappa shape index (κ1) is 13.6. The molecule has 2 heterocycles. The van der Waals surface area contributed by atoms with Gasteiger partial charge in [0.15, 0.2) is 0 Å². The summed E-state index contributed by atoms with van der Waals surface area (Å²) in [6, 6.07) is 2.06. The second-order valence-electron chi connectivity index (χ2n) is 4.87. The zero-order valence-electron chi connectivity index (χ0n) is 11.0. The van der Waals surface area contributed by atoms with Gasteiger partial charge in [-0.05, 0) is 36.8 Å². The number of rotatable bonds is 3. The number of likely N-dealkylation sites (tertiary alicyclic amines) is 1. The number of nitrogens with zero attached hydrogens (tertiary/aromatic N) is 1. The lowest BCUT2D eigenvalue weighted by Gasteiger charge is -2.31. The molecular weight excluding hydrogens is 242 g/mol. The van der Waals surface area contributed by atoms with E-state index in [1.807, 2.05) is 0 Å². The fourth-order valence-electron chi connectivity index (χ4n) is 2.54. The van der Waals surface area contributed by atoms with Crippen LogP contribution in [-0.2, 0) is 6.54 Å². The fourth-order valence-corrected chi connectivity index (χ4v) is 3.41. The van der Waals surface area contributed by atoms with Gasteiger partial charge in [-0.2, -0.15) is 0 Å². The lowest BCUT2D eigenvalue weighted by Crippen LogP contribution is -2.34. The van der Waals surface area contributed by atoms with Crippen LogP contribution in [0.15, 0.2) is 11.4 Å². The van der Waals surface area contributed by atoms with Crippen LogP contribution in [0.3, 0.4) is 0 Å². The smallest absolute Gasteiger partial charge is 0.104 e. The van der Waals surface area contributed by atoms with Crippen LogP contribution in [-0.4, -0.2) is 29.7 Å². The van der Waals surface area contributed by atoms with Gasteiger partial charge in [-0.25, -0.2) is 0 Å². The van der Waals surface area contributed by atoms with E-state index in [-0.39, 0.29) is 6.61 Å². The Morgan fingerprint density at radius 3 is 3.22 bits per heavy atom. The molecule has 1 N–H and O–H groups in total. The lowest BCUT2D eigenvalue weighted by molar-refractivity contribution is 0.166. The average Bonchev–Trinajstić information content (AvgIpc) is 2.84. The molecule has 0 aromatic carbocycles. The Bertz CT molecular complexity index is 429. The molecule has 0 amide bonds. The Morgan fingerprint density at radius 2 is 2.44 bits per heavy atom. The number of aliphatic hydroxyl groups is 1. The van der Waals surface area contributed by atoms with Gasteiger partial charge in [0.25, 0.3) is 0 Å². The zero-order valence-corrected chi connectivity index (χ0v) is 11.8. The summed E-state index contributed by atoms with van der Waals surface area (Å²) in [5.74, 6) is 6.65. The van der Waals surface area contributed by atoms with Gasteiger partial charge in [0.1, 0.15) is 6.61 Å². The highest BCUT2D eigenvalue weighted by molar-refractivity contribution is 7.10. The third-order valence-corrected chi connectivity index (χ3v) is 4.50. The highest BCUT2D eigenvalue weighted by atomic mass is 32.1. The highest BCUT2D eigenvalue weighted by Gasteiger charge is 2.19. The Morgan fingerprint density at radius 1 is 1.56 bits per heavy atom. The first-order valence-corrected chi connectivity index (χ1v) is 7.60. The van der Waals surface area contributed by atoms with Crippen LogP contribution < -0.4 is 0 Å². The molecule has 2 nitrogen and oxygen atoms in total. The van der Waals surface area contributed by atoms with Gasteiger partial charge in [0, 0.05) is 23.5 Å². The van der Waals surface area contributed by atoms with Gasteiger partial charge in [0.05, 0.1) is 0 Å². The summed E-state index contributed by atoms with van der Waals surface area (Å²) in [5, 5.41) is 10.9. The molecule has 0 radical (unpaired) electrons. The topological polar surface area (TPSA) is 23.5 Å². The molecule has 1 aromatic heterocycles. The molecule has 0 saturated carbocycles. The van der Waals surface area contributed by atoms with Crippen molar-refractivity contribution in [2.75, 3.05) is 19.7 Å². The molecule has 98 valence electrons. The summed E-state index contributed by atoms with van der Waals surface area (Å²) in [6.45, 7) is 5.68. The normalized spacial score (nSPS) is 20.4. The molecule has 1 unspecified atom stereocenters. The molecule has 1 atom stereocenters. The first-order valence-electron chi connectivity index (χ1n) is 6.72. The predicted octanol–water partition coefficient (Wildman–Crippen LogP) is 2.71. The van der Waals surface area contributed by atoms with Gasteiger partial charge < -0.3 is 5.11 Å². The SMILES string of the molecule is CCC1CCCN(Cc2sccc2C#CCO)C1. The van der Waals surface area contributed by atoms with E-state index < -0.39 is 0 Å². The highest BCUT2D eigenvalue weighted by Crippen LogP contribution is 2.24. The maximum absolute atomic E-state index is 8.76. The van der Waals surface area contributed by atoms with E-state index in [2.05, 4.69) is 35.1 Å². The van der Waals surface area contributed by atoms with Crippen molar-refractivity contribution in [3.8, 4) is 11.8 Å². The van der Waals surface area contributed by atoms with Crippen molar-refractivity contribution < 1.29 is 5.11 Å². The Balaban J connectivity index is 1.98. The summed E-state index contributed by atoms with van der Waals surface area (Å²) < 4.78 is 0. The molecule has 1 saturated heterocycles. The van der Waals surface area contributed by atoms with Gasteiger partial charge in [0.2, 0.25) is 0 Å². The minimum Gasteiger partial charge on any atom is -0.384 e. The Kier molecular flexibility index (Phi) is 5.25. The van der Waals surface area contributed by atoms with Crippen molar-refractivity contribution in [1.82, 2.24) is 4.90 Å². The van der Waals surface area contributed by atoms with Crippen LogP contribution in [0.5, 0.6) is 0 Å². The summed E-state index contributed by atoms with van der Waals surface area (Å²) >= 11 is 1.78. The minimum atomic E-state index is -0.0586. The molecule has 3 heteroatoms. The number of thiophene rings is 1. The van der Waals surface area contributed by atoms with E-state index in [1.165, 1.54) is 37.2 Å². The van der Waals surface area contributed by atoms with E-state index in [0.717, 1.165) is 18.0 Å². The van der Waals surface area contributed by atoms with Crippen molar-refractivity contribution in [3.63, 3.8) is 0 Å². The Hall–Kier alpha value is -0.820. The third-order valence-electron chi connectivity index (χ3n) is 3.60. The second kappa shape index (κ2) is 6.94. The maximum atomic E-state index is 8.76. The lowest BCUT2D eigenvalue weighted by atomic mass is 9.95. The standard InChI is InChI=1S/C15H21NOS/c1-2-13-5-3-8-16(11-13)12-15-14(6-4-9-17)7-10-18-15/h7,10,13,17H,2-3,5,8-9,11-12H2,1H3. The molecule has 1 aliphatic rings. The van der Waals surface area contributed by atoms with Gasteiger partial charge in [-0.3, -0.25) is 4.90 Å². The summed E-state index contributed by atoms with van der Waals surface area (Å²) in [7, 11) is 0. The summed E-state index contributed by atoms with van der Waals surface area (Å²) in [5.41, 5.74) is 1.09. The van der Waals surface area contributed by atoms with Crippen molar-refractivity contribution in [2.45, 2.75) is 32.7 Å². The third kappa shape index (κ3) is 3.58. The maximum Gasteiger partial charge on any atom is 0.104 e. The summed E-state index contributed by atoms with van der Waals surface area (Å²) in [4.78, 5) is 3.89. The van der Waals surface area contributed by atoms with E-state index in [9.17, 15) is 0 Å². The van der Waals surface area contributed by atoms with Crippen LogP contribution in [0.4, 0.5) is 0 Å². The van der Waals surface area contributed by atoms with Crippen molar-refractivity contribution in [2.24, 2.45) is 5.92 Å². The largest absolute Gasteiger partial charge is 0.384 e. The summed E-state index contributed by atoms with van der Waals surface area (Å²) in [6.07, 6.45) is 3.99. The second-order valence-corrected chi connectivity index (χ2v) is 5.87. The van der Waals surface area contributed by atoms with E-state index in [4.69, 9.17) is 5.11 Å². The molecule has 1 aliphatic heterocycles. The quantitative estimate of drug-likeness (QED) is 0.848. The van der Waals surface area contributed by atoms with Crippen molar-refractivity contribution >= 4 is 11.3 Å². The number of hydrogen-bond donors (Lipinski definition) is 1. The van der Waals surface area contributed by atoms with Gasteiger partial charge in [-0.15, -0.1) is 11.3 Å². The van der Waals surface area contributed by atoms with Crippen molar-refractivity contribution in [3.05, 3.63) is 21.9 Å². The molecule has 0 aliphatic carbocycles. The molecular formula is C15H21NOS. The van der Waals surface area contributed by atoms with Crippen LogP contribution in [0.25, 0.3) is 0 Å². The van der Waals surface area contributed by atoms with E-state index >= 15 is 0 Å². The van der Waals surface area contributed by atoms with Crippen LogP contribution in [0, 0.1) is 17.8 Å². The van der Waals surface area contributed by atoms with E-state index in [0.29, 0.717) is 0 Å². The predicted molar refractivity (Wildman–Crippen MR) is 76.6 cm³/mol. The molecule has 0 spiro atoms. The molecule has 18 heavy (non-hydrogen) atoms. The first-order chi connectivity index (χ1) is 8.83. The number of piperidine rings is 1. The average molecular weight is 263 g/mol. The number of aliphatic hydroxyl groups excluding tert-OH is 1. The van der Waals surface area contributed by atoms with Gasteiger partial charge in [-0.1, -0.05) is 25.2 Å². The fraction of sp³-hybridized carbons (Fsp3) is 0.600. The van der Waals surface area contributed by atoms with Crippen molar-refractivity contribution in [1.29, 1.82) is 0 Å².